The summed E-state index contributed by atoms with van der Waals surface area (Å²) >= 11 is 0. The Morgan fingerprint density at radius 1 is 1.20 bits per heavy atom. The molecular formula is C21H23NO3. The summed E-state index contributed by atoms with van der Waals surface area (Å²) in [5.41, 5.74) is 2.61. The topological polar surface area (TPSA) is 49.8 Å². The van der Waals surface area contributed by atoms with Crippen LogP contribution in [0.15, 0.2) is 66.7 Å². The summed E-state index contributed by atoms with van der Waals surface area (Å²) in [7, 11) is 1.64. The van der Waals surface area contributed by atoms with E-state index in [0.717, 1.165) is 24.4 Å². The number of likely N-dealkylation sites (tertiary alicyclic amines) is 1. The maximum Gasteiger partial charge on any atom is 0.331 e. The number of hydrogen-bond acceptors (Lipinski definition) is 3. The molecule has 1 saturated heterocycles. The van der Waals surface area contributed by atoms with E-state index in [1.54, 1.807) is 7.11 Å². The van der Waals surface area contributed by atoms with E-state index in [9.17, 15) is 9.90 Å². The van der Waals surface area contributed by atoms with E-state index in [2.05, 4.69) is 23.6 Å². The minimum atomic E-state index is -0.917. The Bertz CT molecular complexity index is 757. The average molecular weight is 337 g/mol. The molecule has 1 aliphatic rings. The molecule has 2 unspecified atom stereocenters. The van der Waals surface area contributed by atoms with Crippen LogP contribution in [0.1, 0.15) is 17.0 Å². The first-order valence-corrected chi connectivity index (χ1v) is 8.41. The van der Waals surface area contributed by atoms with Crippen LogP contribution in [-0.4, -0.2) is 36.2 Å². The Kier molecular flexibility index (Phi) is 5.19. The van der Waals surface area contributed by atoms with Crippen molar-refractivity contribution >= 4 is 5.97 Å². The first-order chi connectivity index (χ1) is 12.1. The van der Waals surface area contributed by atoms with E-state index in [4.69, 9.17) is 4.74 Å². The first-order valence-electron chi connectivity index (χ1n) is 8.41. The number of hydrogen-bond donors (Lipinski definition) is 1. The lowest BCUT2D eigenvalue weighted by Gasteiger charge is -2.19. The van der Waals surface area contributed by atoms with Gasteiger partial charge in [0.05, 0.1) is 7.11 Å². The highest BCUT2D eigenvalue weighted by molar-refractivity contribution is 5.86. The zero-order valence-electron chi connectivity index (χ0n) is 14.4. The van der Waals surface area contributed by atoms with E-state index in [1.807, 2.05) is 42.5 Å². The van der Waals surface area contributed by atoms with Gasteiger partial charge in [-0.2, -0.15) is 0 Å². The molecule has 1 fully saturated rings. The van der Waals surface area contributed by atoms with Crippen LogP contribution >= 0.6 is 0 Å². The Hall–Kier alpha value is -2.59. The zero-order valence-corrected chi connectivity index (χ0v) is 14.4. The molecule has 0 aromatic heterocycles. The fourth-order valence-corrected chi connectivity index (χ4v) is 3.58. The Morgan fingerprint density at radius 2 is 1.96 bits per heavy atom. The minimum Gasteiger partial charge on any atom is -0.497 e. The number of aliphatic carboxylic acids is 1. The quantitative estimate of drug-likeness (QED) is 0.819. The Labute approximate surface area is 148 Å². The molecule has 2 aromatic rings. The summed E-state index contributed by atoms with van der Waals surface area (Å²) in [6.07, 6.45) is 0. The number of nitrogens with zero attached hydrogens (tertiary/aromatic N) is 1. The van der Waals surface area contributed by atoms with Gasteiger partial charge in [0.2, 0.25) is 0 Å². The molecule has 1 aliphatic heterocycles. The van der Waals surface area contributed by atoms with Gasteiger partial charge in [-0.05, 0) is 23.3 Å². The Balaban J connectivity index is 1.85. The van der Waals surface area contributed by atoms with Crippen molar-refractivity contribution in [3.63, 3.8) is 0 Å². The highest BCUT2D eigenvalue weighted by atomic mass is 16.5. The molecule has 2 aromatic carbocycles. The zero-order chi connectivity index (χ0) is 17.8. The van der Waals surface area contributed by atoms with Crippen molar-refractivity contribution < 1.29 is 14.6 Å². The van der Waals surface area contributed by atoms with Crippen LogP contribution in [0.2, 0.25) is 0 Å². The van der Waals surface area contributed by atoms with Crippen molar-refractivity contribution in [3.05, 3.63) is 77.9 Å². The molecule has 0 amide bonds. The lowest BCUT2D eigenvalue weighted by atomic mass is 9.84. The molecular weight excluding hydrogens is 314 g/mol. The van der Waals surface area contributed by atoms with Gasteiger partial charge in [-0.1, -0.05) is 49.0 Å². The van der Waals surface area contributed by atoms with E-state index >= 15 is 0 Å². The maximum atomic E-state index is 11.5. The second-order valence-corrected chi connectivity index (χ2v) is 6.50. The lowest BCUT2D eigenvalue weighted by molar-refractivity contribution is -0.133. The molecule has 4 nitrogen and oxygen atoms in total. The van der Waals surface area contributed by atoms with Crippen molar-refractivity contribution in [3.8, 4) is 5.75 Å². The smallest absolute Gasteiger partial charge is 0.331 e. The average Bonchev–Trinajstić information content (AvgIpc) is 3.05. The van der Waals surface area contributed by atoms with Gasteiger partial charge < -0.3 is 9.84 Å². The number of ether oxygens (including phenoxy) is 1. The molecule has 0 bridgehead atoms. The molecule has 3 rings (SSSR count). The third-order valence-corrected chi connectivity index (χ3v) is 4.89. The van der Waals surface area contributed by atoms with Gasteiger partial charge in [0, 0.05) is 37.0 Å². The number of rotatable bonds is 6. The number of carboxylic acids is 1. The summed E-state index contributed by atoms with van der Waals surface area (Å²) in [6.45, 7) is 6.15. The summed E-state index contributed by atoms with van der Waals surface area (Å²) in [4.78, 5) is 13.8. The molecule has 0 spiro atoms. The highest BCUT2D eigenvalue weighted by Gasteiger charge is 2.37. The predicted octanol–water partition coefficient (Wildman–Crippen LogP) is 3.55. The summed E-state index contributed by atoms with van der Waals surface area (Å²) < 4.78 is 5.33. The lowest BCUT2D eigenvalue weighted by Crippen LogP contribution is -2.21. The first kappa shape index (κ1) is 17.2. The van der Waals surface area contributed by atoms with Crippen molar-refractivity contribution in [2.45, 2.75) is 12.5 Å². The van der Waals surface area contributed by atoms with Crippen molar-refractivity contribution in [2.24, 2.45) is 5.92 Å². The van der Waals surface area contributed by atoms with Gasteiger partial charge in [0.1, 0.15) is 5.75 Å². The van der Waals surface area contributed by atoms with E-state index < -0.39 is 5.97 Å². The second kappa shape index (κ2) is 7.53. The van der Waals surface area contributed by atoms with Gasteiger partial charge in [-0.3, -0.25) is 4.90 Å². The normalized spacial score (nSPS) is 20.4. The fraction of sp³-hybridized carbons (Fsp3) is 0.286. The van der Waals surface area contributed by atoms with Gasteiger partial charge in [0.25, 0.3) is 0 Å². The van der Waals surface area contributed by atoms with Gasteiger partial charge in [-0.25, -0.2) is 4.79 Å². The van der Waals surface area contributed by atoms with Crippen LogP contribution in [0.25, 0.3) is 0 Å². The van der Waals surface area contributed by atoms with Crippen molar-refractivity contribution in [1.29, 1.82) is 0 Å². The largest absolute Gasteiger partial charge is 0.497 e. The van der Waals surface area contributed by atoms with E-state index in [0.29, 0.717) is 6.54 Å². The third-order valence-electron chi connectivity index (χ3n) is 4.89. The van der Waals surface area contributed by atoms with Crippen molar-refractivity contribution in [1.82, 2.24) is 4.90 Å². The molecule has 25 heavy (non-hydrogen) atoms. The van der Waals surface area contributed by atoms with Crippen LogP contribution in [0, 0.1) is 5.92 Å². The predicted molar refractivity (Wildman–Crippen MR) is 97.7 cm³/mol. The second-order valence-electron chi connectivity index (χ2n) is 6.50. The van der Waals surface area contributed by atoms with Crippen LogP contribution in [0.3, 0.4) is 0 Å². The number of carbonyl (C=O) groups is 1. The maximum absolute atomic E-state index is 11.5. The van der Waals surface area contributed by atoms with Gasteiger partial charge in [-0.15, -0.1) is 0 Å². The van der Waals surface area contributed by atoms with Crippen LogP contribution < -0.4 is 4.74 Å². The van der Waals surface area contributed by atoms with Gasteiger partial charge in [0.15, 0.2) is 0 Å². The summed E-state index contributed by atoms with van der Waals surface area (Å²) in [6, 6.07) is 18.1. The van der Waals surface area contributed by atoms with E-state index in [-0.39, 0.29) is 17.4 Å². The summed E-state index contributed by atoms with van der Waals surface area (Å²) in [5.74, 6) is -0.131. The van der Waals surface area contributed by atoms with E-state index in [1.165, 1.54) is 5.56 Å². The number of methoxy groups -OCH3 is 1. The molecule has 4 heteroatoms. The highest BCUT2D eigenvalue weighted by Crippen LogP contribution is 2.38. The van der Waals surface area contributed by atoms with Crippen LogP contribution in [0.5, 0.6) is 5.75 Å². The summed E-state index contributed by atoms with van der Waals surface area (Å²) in [5, 5.41) is 9.44. The Morgan fingerprint density at radius 3 is 2.64 bits per heavy atom. The number of benzene rings is 2. The molecule has 0 radical (unpaired) electrons. The third kappa shape index (κ3) is 3.91. The monoisotopic (exact) mass is 337 g/mol. The van der Waals surface area contributed by atoms with Gasteiger partial charge >= 0.3 is 5.97 Å². The molecule has 1 heterocycles. The number of carboxylic acid groups (broad SMARTS) is 1. The van der Waals surface area contributed by atoms with Crippen LogP contribution in [0.4, 0.5) is 0 Å². The molecule has 0 saturated carbocycles. The minimum absolute atomic E-state index is 0.0995. The van der Waals surface area contributed by atoms with Crippen LogP contribution in [-0.2, 0) is 11.3 Å². The molecule has 1 N–H and O–H groups in total. The fourth-order valence-electron chi connectivity index (χ4n) is 3.58. The molecule has 0 aliphatic carbocycles. The molecule has 130 valence electrons. The SMILES string of the molecule is C=C(C(=O)O)C1CN(Cc2ccccc2)CC1c1cccc(OC)c1. The van der Waals surface area contributed by atoms with Crippen molar-refractivity contribution in [2.75, 3.05) is 20.2 Å². The standard InChI is InChI=1S/C21H23NO3/c1-15(21(23)24)19-13-22(12-16-7-4-3-5-8-16)14-20(19)17-9-6-10-18(11-17)25-2/h3-11,19-20H,1,12-14H2,2H3,(H,23,24). The molecule has 2 atom stereocenters.